The molecule has 0 aliphatic carbocycles. The molecule has 0 bridgehead atoms. The van der Waals surface area contributed by atoms with E-state index in [0.29, 0.717) is 0 Å². The molecule has 0 unspecified atom stereocenters. The van der Waals surface area contributed by atoms with Gasteiger partial charge in [0, 0.05) is 59.4 Å². The van der Waals surface area contributed by atoms with Crippen molar-refractivity contribution in [3.8, 4) is 16.9 Å². The number of rotatable bonds is 3. The van der Waals surface area contributed by atoms with E-state index in [0.717, 1.165) is 34.7 Å². The van der Waals surface area contributed by atoms with Crippen LogP contribution in [-0.4, -0.2) is 26.1 Å². The SMILES string of the molecule is Cc1cc(N2CC(C)(C)c3ccc(-c4cn(-c5ccncc5C)cn4)cc32)ccn1. The Labute approximate surface area is 177 Å². The van der Waals surface area contributed by atoms with Gasteiger partial charge in [0.05, 0.1) is 17.7 Å². The summed E-state index contributed by atoms with van der Waals surface area (Å²) in [5, 5.41) is 0. The van der Waals surface area contributed by atoms with Crippen LogP contribution in [0.15, 0.2) is 67.5 Å². The van der Waals surface area contributed by atoms with Crippen LogP contribution in [-0.2, 0) is 5.41 Å². The summed E-state index contributed by atoms with van der Waals surface area (Å²) < 4.78 is 2.06. The molecule has 0 amide bonds. The third-order valence-corrected chi connectivity index (χ3v) is 5.91. The number of pyridine rings is 2. The molecule has 3 aromatic heterocycles. The molecule has 4 heterocycles. The van der Waals surface area contributed by atoms with Crippen molar-refractivity contribution in [2.24, 2.45) is 0 Å². The Hall–Kier alpha value is -3.47. The Bertz CT molecular complexity index is 1240. The largest absolute Gasteiger partial charge is 0.340 e. The highest BCUT2D eigenvalue weighted by Gasteiger charge is 2.36. The Morgan fingerprint density at radius 3 is 2.60 bits per heavy atom. The van der Waals surface area contributed by atoms with Crippen LogP contribution in [0.1, 0.15) is 30.7 Å². The van der Waals surface area contributed by atoms with Gasteiger partial charge in [-0.05, 0) is 49.2 Å². The van der Waals surface area contributed by atoms with Gasteiger partial charge in [0.2, 0.25) is 0 Å². The van der Waals surface area contributed by atoms with Gasteiger partial charge in [-0.25, -0.2) is 4.98 Å². The standard InChI is InChI=1S/C25H25N5/c1-17-13-26-9-8-23(17)29-14-22(28-16-29)19-5-6-21-24(12-19)30(15-25(21,3)4)20-7-10-27-18(2)11-20/h5-14,16H,15H2,1-4H3. The average molecular weight is 396 g/mol. The number of aryl methyl sites for hydroxylation is 2. The monoisotopic (exact) mass is 395 g/mol. The van der Waals surface area contributed by atoms with Crippen molar-refractivity contribution < 1.29 is 0 Å². The smallest absolute Gasteiger partial charge is 0.0999 e. The first-order chi connectivity index (χ1) is 14.4. The second-order valence-corrected chi connectivity index (χ2v) is 8.69. The van der Waals surface area contributed by atoms with Gasteiger partial charge in [-0.2, -0.15) is 0 Å². The zero-order valence-electron chi connectivity index (χ0n) is 17.8. The van der Waals surface area contributed by atoms with E-state index in [1.807, 2.05) is 37.9 Å². The second kappa shape index (κ2) is 6.80. The molecule has 150 valence electrons. The number of nitrogens with zero attached hydrogens (tertiary/aromatic N) is 5. The number of fused-ring (bicyclic) bond motifs is 1. The van der Waals surface area contributed by atoms with E-state index in [1.165, 1.54) is 16.9 Å². The third-order valence-electron chi connectivity index (χ3n) is 5.91. The lowest BCUT2D eigenvalue weighted by Crippen LogP contribution is -2.25. The van der Waals surface area contributed by atoms with Crippen molar-refractivity contribution >= 4 is 11.4 Å². The highest BCUT2D eigenvalue weighted by atomic mass is 15.2. The van der Waals surface area contributed by atoms with Gasteiger partial charge in [0.15, 0.2) is 0 Å². The van der Waals surface area contributed by atoms with Crippen molar-refractivity contribution in [2.45, 2.75) is 33.1 Å². The summed E-state index contributed by atoms with van der Waals surface area (Å²) in [5.74, 6) is 0. The van der Waals surface area contributed by atoms with Gasteiger partial charge in [0.1, 0.15) is 0 Å². The van der Waals surface area contributed by atoms with E-state index in [2.05, 4.69) is 76.7 Å². The molecule has 0 spiro atoms. The van der Waals surface area contributed by atoms with E-state index < -0.39 is 0 Å². The molecule has 0 atom stereocenters. The van der Waals surface area contributed by atoms with Crippen LogP contribution in [0.5, 0.6) is 0 Å². The molecule has 0 saturated carbocycles. The maximum atomic E-state index is 4.69. The van der Waals surface area contributed by atoms with Crippen LogP contribution in [0.3, 0.4) is 0 Å². The van der Waals surface area contributed by atoms with E-state index in [-0.39, 0.29) is 5.41 Å². The lowest BCUT2D eigenvalue weighted by molar-refractivity contribution is 0.569. The average Bonchev–Trinajstić information content (AvgIpc) is 3.31. The zero-order chi connectivity index (χ0) is 20.9. The molecule has 5 heteroatoms. The molecule has 0 N–H and O–H groups in total. The molecule has 1 aliphatic heterocycles. The maximum absolute atomic E-state index is 4.69. The summed E-state index contributed by atoms with van der Waals surface area (Å²) in [6.07, 6.45) is 9.54. The fourth-order valence-electron chi connectivity index (χ4n) is 4.34. The van der Waals surface area contributed by atoms with Crippen LogP contribution in [0.2, 0.25) is 0 Å². The van der Waals surface area contributed by atoms with Crippen molar-refractivity contribution in [3.63, 3.8) is 0 Å². The first-order valence-corrected chi connectivity index (χ1v) is 10.2. The van der Waals surface area contributed by atoms with Gasteiger partial charge in [-0.3, -0.25) is 9.97 Å². The molecule has 5 rings (SSSR count). The first-order valence-electron chi connectivity index (χ1n) is 10.2. The molecular weight excluding hydrogens is 370 g/mol. The lowest BCUT2D eigenvalue weighted by atomic mass is 9.86. The lowest BCUT2D eigenvalue weighted by Gasteiger charge is -2.22. The molecule has 0 radical (unpaired) electrons. The molecule has 5 nitrogen and oxygen atoms in total. The minimum absolute atomic E-state index is 0.0819. The number of anilines is 2. The van der Waals surface area contributed by atoms with E-state index in [1.54, 1.807) is 0 Å². The number of imidazole rings is 1. The van der Waals surface area contributed by atoms with Crippen molar-refractivity contribution in [1.82, 2.24) is 19.5 Å². The Morgan fingerprint density at radius 1 is 0.933 bits per heavy atom. The molecule has 0 saturated heterocycles. The summed E-state index contributed by atoms with van der Waals surface area (Å²) in [6, 6.07) is 13.0. The summed E-state index contributed by atoms with van der Waals surface area (Å²) >= 11 is 0. The van der Waals surface area contributed by atoms with Crippen molar-refractivity contribution in [1.29, 1.82) is 0 Å². The maximum Gasteiger partial charge on any atom is 0.0999 e. The van der Waals surface area contributed by atoms with Gasteiger partial charge in [-0.1, -0.05) is 26.0 Å². The van der Waals surface area contributed by atoms with Gasteiger partial charge in [0.25, 0.3) is 0 Å². The first kappa shape index (κ1) is 18.6. The van der Waals surface area contributed by atoms with E-state index >= 15 is 0 Å². The molecule has 1 aliphatic rings. The molecule has 4 aromatic rings. The highest BCUT2D eigenvalue weighted by Crippen LogP contribution is 2.45. The quantitative estimate of drug-likeness (QED) is 0.467. The fourth-order valence-corrected chi connectivity index (χ4v) is 4.34. The number of benzene rings is 1. The van der Waals surface area contributed by atoms with Crippen molar-refractivity contribution in [3.05, 3.63) is 84.3 Å². The van der Waals surface area contributed by atoms with Crippen LogP contribution in [0.25, 0.3) is 16.9 Å². The topological polar surface area (TPSA) is 46.8 Å². The van der Waals surface area contributed by atoms with Crippen LogP contribution < -0.4 is 4.90 Å². The van der Waals surface area contributed by atoms with E-state index in [4.69, 9.17) is 4.98 Å². The molecular formula is C25H25N5. The highest BCUT2D eigenvalue weighted by molar-refractivity contribution is 5.77. The van der Waals surface area contributed by atoms with Gasteiger partial charge < -0.3 is 9.47 Å². The van der Waals surface area contributed by atoms with Gasteiger partial charge in [-0.15, -0.1) is 0 Å². The summed E-state index contributed by atoms with van der Waals surface area (Å²) in [7, 11) is 0. The van der Waals surface area contributed by atoms with Crippen molar-refractivity contribution in [2.75, 3.05) is 11.4 Å². The van der Waals surface area contributed by atoms with E-state index in [9.17, 15) is 0 Å². The predicted octanol–water partition coefficient (Wildman–Crippen LogP) is 5.38. The molecule has 0 fully saturated rings. The summed E-state index contributed by atoms with van der Waals surface area (Å²) in [6.45, 7) is 9.66. The molecule has 30 heavy (non-hydrogen) atoms. The van der Waals surface area contributed by atoms with Crippen LogP contribution in [0, 0.1) is 13.8 Å². The van der Waals surface area contributed by atoms with Gasteiger partial charge >= 0.3 is 0 Å². The van der Waals surface area contributed by atoms with Crippen LogP contribution in [0.4, 0.5) is 11.4 Å². The number of hydrogen-bond donors (Lipinski definition) is 0. The summed E-state index contributed by atoms with van der Waals surface area (Å²) in [4.78, 5) is 15.6. The van der Waals surface area contributed by atoms with Crippen LogP contribution >= 0.6 is 0 Å². The number of hydrogen-bond acceptors (Lipinski definition) is 4. The Kier molecular flexibility index (Phi) is 4.21. The molecule has 1 aromatic carbocycles. The summed E-state index contributed by atoms with van der Waals surface area (Å²) in [5.41, 5.74) is 9.21. The zero-order valence-corrected chi connectivity index (χ0v) is 17.8. The predicted molar refractivity (Wildman–Crippen MR) is 121 cm³/mol. The second-order valence-electron chi connectivity index (χ2n) is 8.69. The minimum Gasteiger partial charge on any atom is -0.340 e. The normalized spacial score (nSPS) is 14.7. The third kappa shape index (κ3) is 3.07. The Morgan fingerprint density at radius 2 is 1.80 bits per heavy atom. The fraction of sp³-hybridized carbons (Fsp3) is 0.240. The Balaban J connectivity index is 1.57. The number of aromatic nitrogens is 4. The minimum atomic E-state index is 0.0819.